The number of anilines is 1. The fourth-order valence-corrected chi connectivity index (χ4v) is 10.6. The molecule has 3 N–H and O–H groups in total. The highest BCUT2D eigenvalue weighted by Gasteiger charge is 2.64. The molecule has 62 heavy (non-hydrogen) atoms. The lowest BCUT2D eigenvalue weighted by Gasteiger charge is -2.42. The summed E-state index contributed by atoms with van der Waals surface area (Å²) in [6.45, 7) is 13.6. The first-order valence-corrected chi connectivity index (χ1v) is 23.7. The van der Waals surface area contributed by atoms with Gasteiger partial charge < -0.3 is 43.9 Å². The molecular weight excluding hydrogens is 860 g/mol. The highest BCUT2D eigenvalue weighted by Crippen LogP contribution is 2.49. The van der Waals surface area contributed by atoms with E-state index in [1.807, 2.05) is 19.9 Å². The number of carbonyl (C=O) groups is 5. The Balaban J connectivity index is 1.58. The van der Waals surface area contributed by atoms with Crippen LogP contribution in [0.4, 0.5) is 10.5 Å². The molecule has 15 nitrogen and oxygen atoms in total. The molecule has 1 aromatic rings. The van der Waals surface area contributed by atoms with Gasteiger partial charge in [0, 0.05) is 63.4 Å². The van der Waals surface area contributed by atoms with Crippen molar-refractivity contribution in [1.82, 2.24) is 15.5 Å². The monoisotopic (exact) mass is 924 g/mol. The normalized spacial score (nSPS) is 28.6. The van der Waals surface area contributed by atoms with Crippen LogP contribution in [-0.2, 0) is 44.5 Å². The van der Waals surface area contributed by atoms with Crippen molar-refractivity contribution >= 4 is 68.7 Å². The van der Waals surface area contributed by atoms with Gasteiger partial charge in [-0.05, 0) is 78.5 Å². The van der Waals surface area contributed by atoms with Crippen LogP contribution in [0.1, 0.15) is 92.6 Å². The number of esters is 1. The molecule has 0 unspecified atom stereocenters. The van der Waals surface area contributed by atoms with Crippen molar-refractivity contribution in [3.05, 3.63) is 46.5 Å². The fraction of sp³-hybridized carbons (Fsp3) is 0.659. The molecule has 3 heterocycles. The topological polar surface area (TPSA) is 186 Å². The molecule has 3 aliphatic heterocycles. The number of methoxy groups -OCH3 is 2. The fourth-order valence-electron chi connectivity index (χ4n) is 7.62. The Hall–Kier alpha value is -3.48. The largest absolute Gasteiger partial charge is 0.495 e. The van der Waals surface area contributed by atoms with Crippen molar-refractivity contribution in [2.75, 3.05) is 45.5 Å². The van der Waals surface area contributed by atoms with Gasteiger partial charge in [-0.25, -0.2) is 9.59 Å². The summed E-state index contributed by atoms with van der Waals surface area (Å²) in [5.74, 6) is -0.775. The van der Waals surface area contributed by atoms with Gasteiger partial charge in [-0.3, -0.25) is 19.7 Å². The standard InChI is InChI=1S/C44H65ClN4O11S2/c1-12-46-35(50)17-14-20-61-62-42(5,6)19-18-36(51)48(8)28(4)40(53)59-34-24-37(52)49(9)30-22-29(23-31(56-10)38(30)45)21-26(2)15-13-16-33(57-11)44(55)25-32(58-41(54)47-44)27(3)39-43(34,7)60-39/h13,15-16,22-23,27-28,32-34,39,55H,12,14,17-21,24-25H2,1-11H3,(H,46,50)(H,47,54)/b16-13+,26-15+/t27-,28+,32+,33-,34+,39+,43-,44+/m1/s1. The van der Waals surface area contributed by atoms with Gasteiger partial charge in [-0.15, -0.1) is 0 Å². The van der Waals surface area contributed by atoms with E-state index in [1.165, 1.54) is 24.0 Å². The number of nitrogens with zero attached hydrogens (tertiary/aromatic N) is 2. The Morgan fingerprint density at radius 1 is 1.21 bits per heavy atom. The van der Waals surface area contributed by atoms with Crippen molar-refractivity contribution in [1.29, 1.82) is 0 Å². The molecule has 4 amide bonds. The maximum absolute atomic E-state index is 14.3. The molecule has 0 aromatic heterocycles. The second-order valence-electron chi connectivity index (χ2n) is 17.1. The second-order valence-corrected chi connectivity index (χ2v) is 20.6. The Morgan fingerprint density at radius 3 is 2.58 bits per heavy atom. The number of carbonyl (C=O) groups excluding carboxylic acids is 5. The number of nitrogens with one attached hydrogen (secondary N) is 2. The van der Waals surface area contributed by atoms with Crippen LogP contribution >= 0.6 is 33.2 Å². The number of benzene rings is 1. The average molecular weight is 926 g/mol. The lowest BCUT2D eigenvalue weighted by Crippen LogP contribution is -2.63. The molecule has 4 bridgehead atoms. The smallest absolute Gasteiger partial charge is 0.409 e. The van der Waals surface area contributed by atoms with E-state index in [1.54, 1.807) is 80.7 Å². The van der Waals surface area contributed by atoms with E-state index in [9.17, 15) is 29.1 Å². The van der Waals surface area contributed by atoms with Gasteiger partial charge >= 0.3 is 12.1 Å². The van der Waals surface area contributed by atoms with Gasteiger partial charge in [0.25, 0.3) is 0 Å². The number of halogens is 1. The van der Waals surface area contributed by atoms with Crippen LogP contribution in [0.3, 0.4) is 0 Å². The van der Waals surface area contributed by atoms with E-state index in [-0.39, 0.29) is 40.8 Å². The maximum atomic E-state index is 14.3. The molecule has 1 aromatic carbocycles. The van der Waals surface area contributed by atoms with E-state index in [2.05, 4.69) is 24.5 Å². The first-order chi connectivity index (χ1) is 29.1. The van der Waals surface area contributed by atoms with Crippen molar-refractivity contribution in [2.45, 2.75) is 140 Å². The van der Waals surface area contributed by atoms with Crippen LogP contribution < -0.4 is 20.3 Å². The summed E-state index contributed by atoms with van der Waals surface area (Å²) in [7, 11) is 9.37. The molecule has 0 aliphatic carbocycles. The van der Waals surface area contributed by atoms with Gasteiger partial charge in [0.2, 0.25) is 17.7 Å². The molecule has 3 aliphatic rings. The molecule has 2 fully saturated rings. The van der Waals surface area contributed by atoms with Crippen molar-refractivity contribution < 1.29 is 52.8 Å². The minimum atomic E-state index is -1.84. The number of aliphatic hydroxyl groups is 1. The Labute approximate surface area is 379 Å². The van der Waals surface area contributed by atoms with Crippen LogP contribution in [0.25, 0.3) is 0 Å². The van der Waals surface area contributed by atoms with Crippen molar-refractivity contribution in [3.8, 4) is 5.75 Å². The Kier molecular flexibility index (Phi) is 18.1. The van der Waals surface area contributed by atoms with Gasteiger partial charge in [0.15, 0.2) is 5.72 Å². The Morgan fingerprint density at radius 2 is 1.92 bits per heavy atom. The number of amides is 4. The van der Waals surface area contributed by atoms with Gasteiger partial charge in [-0.2, -0.15) is 0 Å². The summed E-state index contributed by atoms with van der Waals surface area (Å²) < 4.78 is 29.2. The third kappa shape index (κ3) is 13.1. The van der Waals surface area contributed by atoms with Crippen LogP contribution in [0.15, 0.2) is 35.9 Å². The number of rotatable bonds is 15. The SMILES string of the molecule is CCNC(=O)CCCSSC(C)(C)CCC(=O)N(C)[C@@H](C)C(=O)O[C@H]1CC(=O)N(C)c2cc(cc(OC)c2Cl)C/C(C)=C/C=C/[C@@H](OC)[C@@]2(O)C[C@H](OC(=O)N2)[C@@H](C)[C@@H]2O[C@]12C. The number of allylic oxidation sites excluding steroid dienone is 3. The molecule has 0 saturated carbocycles. The number of epoxide rings is 1. The Bertz CT molecular complexity index is 1870. The van der Waals surface area contributed by atoms with Gasteiger partial charge in [0.05, 0.1) is 25.3 Å². The van der Waals surface area contributed by atoms with Crippen LogP contribution in [0.2, 0.25) is 5.02 Å². The first kappa shape index (κ1) is 51.2. The van der Waals surface area contributed by atoms with E-state index in [0.29, 0.717) is 37.2 Å². The quantitative estimate of drug-likeness (QED) is 0.0764. The van der Waals surface area contributed by atoms with E-state index < -0.39 is 65.7 Å². The lowest BCUT2D eigenvalue weighted by atomic mass is 9.83. The van der Waals surface area contributed by atoms with Gasteiger partial charge in [0.1, 0.15) is 40.7 Å². The molecule has 8 atom stereocenters. The zero-order valence-corrected chi connectivity index (χ0v) is 40.2. The summed E-state index contributed by atoms with van der Waals surface area (Å²) in [6, 6.07) is 2.57. The maximum Gasteiger partial charge on any atom is 0.409 e. The number of fused-ring (bicyclic) bond motifs is 5. The van der Waals surface area contributed by atoms with Gasteiger partial charge in [-0.1, -0.05) is 63.9 Å². The van der Waals surface area contributed by atoms with E-state index >= 15 is 0 Å². The van der Waals surface area contributed by atoms with Crippen molar-refractivity contribution in [2.24, 2.45) is 5.92 Å². The van der Waals surface area contributed by atoms with E-state index in [4.69, 9.17) is 35.3 Å². The number of hydrogen-bond donors (Lipinski definition) is 3. The third-order valence-corrected chi connectivity index (χ3v) is 15.6. The molecule has 346 valence electrons. The van der Waals surface area contributed by atoms with E-state index in [0.717, 1.165) is 23.3 Å². The summed E-state index contributed by atoms with van der Waals surface area (Å²) in [5, 5.41) is 17.4. The predicted molar refractivity (Wildman–Crippen MR) is 242 cm³/mol. The number of alkyl carbamates (subject to hydrolysis) is 1. The minimum absolute atomic E-state index is 0.0376. The average Bonchev–Trinajstić information content (AvgIpc) is 3.91. The molecule has 2 saturated heterocycles. The molecule has 18 heteroatoms. The van der Waals surface area contributed by atoms with Crippen molar-refractivity contribution in [3.63, 3.8) is 0 Å². The predicted octanol–water partition coefficient (Wildman–Crippen LogP) is 6.37. The van der Waals surface area contributed by atoms with Crippen LogP contribution in [0, 0.1) is 5.92 Å². The highest BCUT2D eigenvalue weighted by atomic mass is 35.5. The molecule has 0 spiro atoms. The lowest BCUT2D eigenvalue weighted by molar-refractivity contribution is -0.162. The zero-order valence-electron chi connectivity index (χ0n) is 37.8. The molecule has 0 radical (unpaired) electrons. The second kappa shape index (κ2) is 21.9. The number of likely N-dealkylation sites (N-methyl/N-ethyl adjacent to an activating group) is 1. The molecular formula is C44H65ClN4O11S2. The highest BCUT2D eigenvalue weighted by molar-refractivity contribution is 8.77. The third-order valence-electron chi connectivity index (χ3n) is 11.8. The summed E-state index contributed by atoms with van der Waals surface area (Å²) in [4.78, 5) is 69.3. The summed E-state index contributed by atoms with van der Waals surface area (Å²) in [6.07, 6.45) is 2.76. The molecule has 4 rings (SSSR count). The number of hydrogen-bond acceptors (Lipinski definition) is 13. The first-order valence-electron chi connectivity index (χ1n) is 21.0. The number of ether oxygens (including phenoxy) is 5. The zero-order chi connectivity index (χ0) is 46.2. The van der Waals surface area contributed by atoms with Crippen LogP contribution in [-0.4, -0.2) is 127 Å². The summed E-state index contributed by atoms with van der Waals surface area (Å²) >= 11 is 6.81. The minimum Gasteiger partial charge on any atom is -0.495 e. The summed E-state index contributed by atoms with van der Waals surface area (Å²) in [5.41, 5.74) is -0.978. The van der Waals surface area contributed by atoms with Crippen LogP contribution in [0.5, 0.6) is 5.75 Å².